The number of aliphatic hydroxyl groups excluding tert-OH is 1. The first-order chi connectivity index (χ1) is 9.90. The van der Waals surface area contributed by atoms with Crippen molar-refractivity contribution in [2.75, 3.05) is 0 Å². The van der Waals surface area contributed by atoms with Gasteiger partial charge in [0, 0.05) is 6.42 Å². The summed E-state index contributed by atoms with van der Waals surface area (Å²) in [6.07, 6.45) is -0.0296. The highest BCUT2D eigenvalue weighted by atomic mass is 16.3. The molecule has 0 fully saturated rings. The summed E-state index contributed by atoms with van der Waals surface area (Å²) < 4.78 is 0. The minimum absolute atomic E-state index is 0.137. The molecule has 0 aliphatic rings. The Balaban J connectivity index is 2.12. The first-order valence-electron chi connectivity index (χ1n) is 7.18. The summed E-state index contributed by atoms with van der Waals surface area (Å²) in [4.78, 5) is 0. The van der Waals surface area contributed by atoms with E-state index < -0.39 is 6.10 Å². The molecule has 108 valence electrons. The number of aliphatic hydroxyl groups is 1. The normalized spacial score (nSPS) is 12.7. The second kappa shape index (κ2) is 6.11. The van der Waals surface area contributed by atoms with Crippen molar-refractivity contribution in [2.45, 2.75) is 38.7 Å². The van der Waals surface area contributed by atoms with E-state index >= 15 is 0 Å². The summed E-state index contributed by atoms with van der Waals surface area (Å²) in [5, 5.41) is 19.2. The third kappa shape index (κ3) is 3.93. The molecule has 0 aliphatic carbocycles. The molecule has 2 nitrogen and oxygen atoms in total. The van der Waals surface area contributed by atoms with Crippen LogP contribution in [0.3, 0.4) is 0 Å². The molecule has 0 spiro atoms. The van der Waals surface area contributed by atoms with Crippen LogP contribution >= 0.6 is 0 Å². The van der Waals surface area contributed by atoms with E-state index in [0.717, 1.165) is 11.1 Å². The van der Waals surface area contributed by atoms with E-state index in [9.17, 15) is 5.11 Å². The predicted octanol–water partition coefficient (Wildman–Crippen LogP) is 4.13. The molecule has 0 heterocycles. The lowest BCUT2D eigenvalue weighted by Gasteiger charge is -2.19. The van der Waals surface area contributed by atoms with Crippen LogP contribution in [0.4, 0.5) is 0 Å². The maximum absolute atomic E-state index is 10.3. The van der Waals surface area contributed by atoms with Gasteiger partial charge in [-0.15, -0.1) is 0 Å². The topological polar surface area (TPSA) is 44.0 Å². The Labute approximate surface area is 126 Å². The summed E-state index contributed by atoms with van der Waals surface area (Å²) in [5.41, 5.74) is 3.88. The van der Waals surface area contributed by atoms with Crippen LogP contribution in [0.1, 0.15) is 49.1 Å². The van der Waals surface area contributed by atoms with Crippen LogP contribution in [0.15, 0.2) is 48.5 Å². The van der Waals surface area contributed by atoms with Crippen LogP contribution in [-0.4, -0.2) is 5.11 Å². The molecule has 2 rings (SSSR count). The molecule has 21 heavy (non-hydrogen) atoms. The average molecular weight is 279 g/mol. The van der Waals surface area contributed by atoms with Crippen LogP contribution in [0.25, 0.3) is 0 Å². The monoisotopic (exact) mass is 279 g/mol. The molecule has 0 aliphatic heterocycles. The molecule has 0 saturated carbocycles. The van der Waals surface area contributed by atoms with Crippen molar-refractivity contribution in [1.29, 1.82) is 5.26 Å². The molecule has 0 bridgehead atoms. The van der Waals surface area contributed by atoms with Crippen LogP contribution in [0, 0.1) is 11.3 Å². The molecule has 2 aromatic rings. The molecule has 0 aromatic heterocycles. The Kier molecular flexibility index (Phi) is 4.45. The van der Waals surface area contributed by atoms with Gasteiger partial charge in [-0.1, -0.05) is 57.2 Å². The van der Waals surface area contributed by atoms with Gasteiger partial charge in [0.1, 0.15) is 0 Å². The zero-order valence-corrected chi connectivity index (χ0v) is 12.8. The lowest BCUT2D eigenvalue weighted by Crippen LogP contribution is -2.11. The highest BCUT2D eigenvalue weighted by Crippen LogP contribution is 2.24. The third-order valence-corrected chi connectivity index (χ3v) is 3.65. The Morgan fingerprint density at radius 3 is 2.33 bits per heavy atom. The predicted molar refractivity (Wildman–Crippen MR) is 85.0 cm³/mol. The van der Waals surface area contributed by atoms with Gasteiger partial charge >= 0.3 is 0 Å². The minimum atomic E-state index is -0.584. The van der Waals surface area contributed by atoms with E-state index in [1.807, 2.05) is 6.07 Å². The van der Waals surface area contributed by atoms with Gasteiger partial charge in [0.25, 0.3) is 0 Å². The van der Waals surface area contributed by atoms with E-state index in [-0.39, 0.29) is 5.41 Å². The molecule has 1 unspecified atom stereocenters. The number of rotatable bonds is 3. The van der Waals surface area contributed by atoms with E-state index in [1.54, 1.807) is 18.2 Å². The number of hydrogen-bond donors (Lipinski definition) is 1. The highest BCUT2D eigenvalue weighted by molar-refractivity contribution is 5.35. The lowest BCUT2D eigenvalue weighted by molar-refractivity contribution is 0.178. The zero-order valence-electron chi connectivity index (χ0n) is 12.8. The van der Waals surface area contributed by atoms with Crippen LogP contribution < -0.4 is 0 Å². The van der Waals surface area contributed by atoms with Crippen LogP contribution in [0.2, 0.25) is 0 Å². The SMILES string of the molecule is CC(C)(C)c1ccc(CC(O)c2cccc(C#N)c2)cc1. The molecule has 0 amide bonds. The number of hydrogen-bond acceptors (Lipinski definition) is 2. The van der Waals surface area contributed by atoms with Gasteiger partial charge in [0.2, 0.25) is 0 Å². The molecule has 0 radical (unpaired) electrons. The highest BCUT2D eigenvalue weighted by Gasteiger charge is 2.14. The Morgan fingerprint density at radius 2 is 1.76 bits per heavy atom. The molecule has 2 aromatic carbocycles. The molecule has 1 atom stereocenters. The van der Waals surface area contributed by atoms with Crippen LogP contribution in [-0.2, 0) is 11.8 Å². The van der Waals surface area contributed by atoms with Gasteiger partial charge in [-0.05, 0) is 34.2 Å². The fourth-order valence-corrected chi connectivity index (χ4v) is 2.30. The van der Waals surface area contributed by atoms with Gasteiger partial charge < -0.3 is 5.11 Å². The Bertz CT molecular complexity index is 645. The molecular weight excluding hydrogens is 258 g/mol. The molecule has 0 saturated heterocycles. The summed E-state index contributed by atoms with van der Waals surface area (Å²) in [7, 11) is 0. The fourth-order valence-electron chi connectivity index (χ4n) is 2.30. The number of nitrogens with zero attached hydrogens (tertiary/aromatic N) is 1. The fraction of sp³-hybridized carbons (Fsp3) is 0.316. The summed E-state index contributed by atoms with van der Waals surface area (Å²) in [6, 6.07) is 17.6. The molecule has 2 heteroatoms. The van der Waals surface area contributed by atoms with Crippen molar-refractivity contribution in [2.24, 2.45) is 0 Å². The second-order valence-corrected chi connectivity index (χ2v) is 6.40. The van der Waals surface area contributed by atoms with Gasteiger partial charge in [0.05, 0.1) is 17.7 Å². The number of benzene rings is 2. The van der Waals surface area contributed by atoms with Crippen molar-refractivity contribution in [3.63, 3.8) is 0 Å². The standard InChI is InChI=1S/C19H21NO/c1-19(2,3)17-9-7-14(8-10-17)12-18(21)16-6-4-5-15(11-16)13-20/h4-11,18,21H,12H2,1-3H3. The van der Waals surface area contributed by atoms with E-state index in [0.29, 0.717) is 12.0 Å². The second-order valence-electron chi connectivity index (χ2n) is 6.40. The van der Waals surface area contributed by atoms with Gasteiger partial charge in [0.15, 0.2) is 0 Å². The number of nitriles is 1. The van der Waals surface area contributed by atoms with Crippen molar-refractivity contribution in [3.05, 3.63) is 70.8 Å². The summed E-state index contributed by atoms with van der Waals surface area (Å²) in [6.45, 7) is 6.55. The van der Waals surface area contributed by atoms with E-state index in [2.05, 4.69) is 51.1 Å². The van der Waals surface area contributed by atoms with Gasteiger partial charge in [-0.3, -0.25) is 0 Å². The van der Waals surface area contributed by atoms with Crippen LogP contribution in [0.5, 0.6) is 0 Å². The zero-order chi connectivity index (χ0) is 15.5. The van der Waals surface area contributed by atoms with Gasteiger partial charge in [-0.2, -0.15) is 5.26 Å². The summed E-state index contributed by atoms with van der Waals surface area (Å²) in [5.74, 6) is 0. The van der Waals surface area contributed by atoms with Gasteiger partial charge in [-0.25, -0.2) is 0 Å². The third-order valence-electron chi connectivity index (χ3n) is 3.65. The molecular formula is C19H21NO. The van der Waals surface area contributed by atoms with E-state index in [1.165, 1.54) is 5.56 Å². The van der Waals surface area contributed by atoms with Crippen molar-refractivity contribution in [1.82, 2.24) is 0 Å². The van der Waals surface area contributed by atoms with Crippen molar-refractivity contribution < 1.29 is 5.11 Å². The Hall–Kier alpha value is -2.11. The largest absolute Gasteiger partial charge is 0.388 e. The Morgan fingerprint density at radius 1 is 1.10 bits per heavy atom. The maximum Gasteiger partial charge on any atom is 0.0991 e. The van der Waals surface area contributed by atoms with Crippen molar-refractivity contribution in [3.8, 4) is 6.07 Å². The molecule has 1 N–H and O–H groups in total. The van der Waals surface area contributed by atoms with Crippen molar-refractivity contribution >= 4 is 0 Å². The maximum atomic E-state index is 10.3. The first kappa shape index (κ1) is 15.3. The van der Waals surface area contributed by atoms with E-state index in [4.69, 9.17) is 5.26 Å². The summed E-state index contributed by atoms with van der Waals surface area (Å²) >= 11 is 0. The first-order valence-corrected chi connectivity index (χ1v) is 7.18. The average Bonchev–Trinajstić information content (AvgIpc) is 2.47. The smallest absolute Gasteiger partial charge is 0.0991 e. The quantitative estimate of drug-likeness (QED) is 0.918. The minimum Gasteiger partial charge on any atom is -0.388 e. The lowest BCUT2D eigenvalue weighted by atomic mass is 9.86.